The Morgan fingerprint density at radius 2 is 1.85 bits per heavy atom. The fourth-order valence-corrected chi connectivity index (χ4v) is 2.52. The molecule has 0 radical (unpaired) electrons. The van der Waals surface area contributed by atoms with E-state index in [1.165, 1.54) is 6.07 Å². The van der Waals surface area contributed by atoms with Gasteiger partial charge < -0.3 is 5.32 Å². The Hall–Kier alpha value is -1.74. The molecule has 0 bridgehead atoms. The Labute approximate surface area is 120 Å². The fourth-order valence-electron chi connectivity index (χ4n) is 2.52. The van der Waals surface area contributed by atoms with Gasteiger partial charge in [0.15, 0.2) is 0 Å². The van der Waals surface area contributed by atoms with Crippen LogP contribution in [0.15, 0.2) is 30.3 Å². The minimum absolute atomic E-state index is 0.0243. The first kappa shape index (κ1) is 14.7. The molecule has 0 aliphatic carbocycles. The van der Waals surface area contributed by atoms with Crippen LogP contribution in [-0.4, -0.2) is 11.5 Å². The second-order valence-electron chi connectivity index (χ2n) is 5.12. The summed E-state index contributed by atoms with van der Waals surface area (Å²) in [4.78, 5) is 4.52. The minimum atomic E-state index is -0.203. The lowest BCUT2D eigenvalue weighted by Gasteiger charge is -2.22. The number of pyridine rings is 1. The zero-order valence-electron chi connectivity index (χ0n) is 12.5. The largest absolute Gasteiger partial charge is 0.306 e. The van der Waals surface area contributed by atoms with Gasteiger partial charge in [-0.2, -0.15) is 0 Å². The van der Waals surface area contributed by atoms with Crippen LogP contribution in [0.25, 0.3) is 0 Å². The van der Waals surface area contributed by atoms with Crippen LogP contribution in [-0.2, 0) is 0 Å². The van der Waals surface area contributed by atoms with Crippen LogP contribution in [0.2, 0.25) is 0 Å². The van der Waals surface area contributed by atoms with Crippen LogP contribution >= 0.6 is 0 Å². The molecule has 3 heteroatoms. The number of hydrogen-bond donors (Lipinski definition) is 1. The van der Waals surface area contributed by atoms with Gasteiger partial charge in [-0.1, -0.05) is 19.1 Å². The van der Waals surface area contributed by atoms with Crippen LogP contribution < -0.4 is 5.32 Å². The molecule has 1 N–H and O–H groups in total. The van der Waals surface area contributed by atoms with Gasteiger partial charge in [0.05, 0.1) is 6.04 Å². The number of benzene rings is 1. The van der Waals surface area contributed by atoms with Crippen molar-refractivity contribution in [2.45, 2.75) is 33.7 Å². The van der Waals surface area contributed by atoms with Crippen molar-refractivity contribution < 1.29 is 4.39 Å². The average molecular weight is 272 g/mol. The van der Waals surface area contributed by atoms with Crippen LogP contribution in [0.4, 0.5) is 4.39 Å². The quantitative estimate of drug-likeness (QED) is 0.914. The van der Waals surface area contributed by atoms with Gasteiger partial charge >= 0.3 is 0 Å². The van der Waals surface area contributed by atoms with Crippen molar-refractivity contribution in [3.05, 3.63) is 64.2 Å². The van der Waals surface area contributed by atoms with Gasteiger partial charge in [0, 0.05) is 11.4 Å². The average Bonchev–Trinajstić information content (AvgIpc) is 2.40. The molecule has 0 saturated carbocycles. The third-order valence-electron chi connectivity index (χ3n) is 3.54. The normalized spacial score (nSPS) is 12.4. The summed E-state index contributed by atoms with van der Waals surface area (Å²) < 4.78 is 13.6. The molecule has 106 valence electrons. The standard InChI is InChI=1S/C17H21FN2/c1-5-19-17(15-9-7-12(3)20-13(15)4)16-10-14(18)8-6-11(16)2/h6-10,17,19H,5H2,1-4H3. The SMILES string of the molecule is CCNC(c1cc(F)ccc1C)c1ccc(C)nc1C. The minimum Gasteiger partial charge on any atom is -0.306 e. The second-order valence-corrected chi connectivity index (χ2v) is 5.12. The van der Waals surface area contributed by atoms with Crippen molar-refractivity contribution in [1.82, 2.24) is 10.3 Å². The summed E-state index contributed by atoms with van der Waals surface area (Å²) in [6.45, 7) is 8.86. The maximum Gasteiger partial charge on any atom is 0.123 e. The van der Waals surface area contributed by atoms with E-state index in [0.29, 0.717) is 0 Å². The molecule has 2 rings (SSSR count). The van der Waals surface area contributed by atoms with Crippen molar-refractivity contribution in [1.29, 1.82) is 0 Å². The Morgan fingerprint density at radius 1 is 1.10 bits per heavy atom. The topological polar surface area (TPSA) is 24.9 Å². The Kier molecular flexibility index (Phi) is 4.50. The molecule has 0 aliphatic rings. The van der Waals surface area contributed by atoms with Crippen LogP contribution in [0.5, 0.6) is 0 Å². The van der Waals surface area contributed by atoms with Gasteiger partial charge in [-0.05, 0) is 62.2 Å². The molecule has 0 amide bonds. The Bertz CT molecular complexity index is 608. The molecule has 0 saturated heterocycles. The Balaban J connectivity index is 2.53. The van der Waals surface area contributed by atoms with E-state index in [1.54, 1.807) is 6.07 Å². The fraction of sp³-hybridized carbons (Fsp3) is 0.353. The maximum absolute atomic E-state index is 13.6. The number of rotatable bonds is 4. The molecule has 0 aliphatic heterocycles. The summed E-state index contributed by atoms with van der Waals surface area (Å²) >= 11 is 0. The lowest BCUT2D eigenvalue weighted by atomic mass is 9.93. The first-order valence-corrected chi connectivity index (χ1v) is 6.96. The molecular weight excluding hydrogens is 251 g/mol. The number of hydrogen-bond acceptors (Lipinski definition) is 2. The van der Waals surface area contributed by atoms with Crippen LogP contribution in [0.3, 0.4) is 0 Å². The molecule has 1 aromatic carbocycles. The molecular formula is C17H21FN2. The third kappa shape index (κ3) is 3.05. The van der Waals surface area contributed by atoms with Crippen molar-refractivity contribution in [3.8, 4) is 0 Å². The predicted molar refractivity (Wildman–Crippen MR) is 80.4 cm³/mol. The molecule has 2 nitrogen and oxygen atoms in total. The summed E-state index contributed by atoms with van der Waals surface area (Å²) in [5, 5.41) is 3.44. The Morgan fingerprint density at radius 3 is 2.50 bits per heavy atom. The van der Waals surface area contributed by atoms with E-state index in [0.717, 1.165) is 34.6 Å². The van der Waals surface area contributed by atoms with Gasteiger partial charge in [0.1, 0.15) is 5.82 Å². The van der Waals surface area contributed by atoms with Crippen molar-refractivity contribution in [3.63, 3.8) is 0 Å². The monoisotopic (exact) mass is 272 g/mol. The van der Waals surface area contributed by atoms with Crippen molar-refractivity contribution in [2.75, 3.05) is 6.54 Å². The van der Waals surface area contributed by atoms with Gasteiger partial charge in [0.2, 0.25) is 0 Å². The van der Waals surface area contributed by atoms with Gasteiger partial charge in [-0.25, -0.2) is 4.39 Å². The summed E-state index contributed by atoms with van der Waals surface area (Å²) in [7, 11) is 0. The van der Waals surface area contributed by atoms with Crippen molar-refractivity contribution in [2.24, 2.45) is 0 Å². The highest BCUT2D eigenvalue weighted by molar-refractivity contribution is 5.39. The molecule has 0 fully saturated rings. The third-order valence-corrected chi connectivity index (χ3v) is 3.54. The molecule has 2 aromatic rings. The molecule has 0 spiro atoms. The van der Waals surface area contributed by atoms with E-state index < -0.39 is 0 Å². The number of aromatic nitrogens is 1. The van der Waals surface area contributed by atoms with Crippen LogP contribution in [0, 0.1) is 26.6 Å². The van der Waals surface area contributed by atoms with Crippen LogP contribution in [0.1, 0.15) is 41.0 Å². The summed E-state index contributed by atoms with van der Waals surface area (Å²) in [6.07, 6.45) is 0. The van der Waals surface area contributed by atoms with E-state index in [-0.39, 0.29) is 11.9 Å². The molecule has 20 heavy (non-hydrogen) atoms. The second kappa shape index (κ2) is 6.14. The number of nitrogens with zero attached hydrogens (tertiary/aromatic N) is 1. The van der Waals surface area contributed by atoms with E-state index in [2.05, 4.69) is 23.3 Å². The zero-order valence-corrected chi connectivity index (χ0v) is 12.5. The number of aryl methyl sites for hydroxylation is 3. The van der Waals surface area contributed by atoms with E-state index in [1.807, 2.05) is 32.9 Å². The van der Waals surface area contributed by atoms with E-state index >= 15 is 0 Å². The summed E-state index contributed by atoms with van der Waals surface area (Å²) in [5.74, 6) is -0.203. The van der Waals surface area contributed by atoms with E-state index in [9.17, 15) is 4.39 Å². The maximum atomic E-state index is 13.6. The zero-order chi connectivity index (χ0) is 14.7. The summed E-state index contributed by atoms with van der Waals surface area (Å²) in [6, 6.07) is 9.00. The predicted octanol–water partition coefficient (Wildman–Crippen LogP) is 3.84. The summed E-state index contributed by atoms with van der Waals surface area (Å²) in [5.41, 5.74) is 5.14. The van der Waals surface area contributed by atoms with Gasteiger partial charge in [0.25, 0.3) is 0 Å². The van der Waals surface area contributed by atoms with Crippen molar-refractivity contribution >= 4 is 0 Å². The highest BCUT2D eigenvalue weighted by Gasteiger charge is 2.18. The first-order chi connectivity index (χ1) is 9.52. The highest BCUT2D eigenvalue weighted by Crippen LogP contribution is 2.27. The molecule has 1 unspecified atom stereocenters. The lowest BCUT2D eigenvalue weighted by Crippen LogP contribution is -2.24. The number of nitrogens with one attached hydrogen (secondary N) is 1. The van der Waals surface area contributed by atoms with Gasteiger partial charge in [-0.3, -0.25) is 4.98 Å². The first-order valence-electron chi connectivity index (χ1n) is 6.96. The van der Waals surface area contributed by atoms with Gasteiger partial charge in [-0.15, -0.1) is 0 Å². The number of halogens is 1. The van der Waals surface area contributed by atoms with E-state index in [4.69, 9.17) is 0 Å². The molecule has 1 heterocycles. The molecule has 1 aromatic heterocycles. The highest BCUT2D eigenvalue weighted by atomic mass is 19.1. The lowest BCUT2D eigenvalue weighted by molar-refractivity contribution is 0.597. The smallest absolute Gasteiger partial charge is 0.123 e. The molecule has 1 atom stereocenters.